The lowest BCUT2D eigenvalue weighted by molar-refractivity contribution is 1.28. The summed E-state index contributed by atoms with van der Waals surface area (Å²) >= 11 is 0. The van der Waals surface area contributed by atoms with E-state index in [1.54, 1.807) is 12.4 Å². The molecule has 0 amide bonds. The first-order chi connectivity index (χ1) is 12.4. The highest BCUT2D eigenvalue weighted by atomic mass is 14.9. The minimum absolute atomic E-state index is 0.899. The first-order valence-electron chi connectivity index (χ1n) is 8.21. The number of para-hydroxylation sites is 1. The summed E-state index contributed by atoms with van der Waals surface area (Å²) in [6.45, 7) is 0. The lowest BCUT2D eigenvalue weighted by Crippen LogP contribution is -1.93. The van der Waals surface area contributed by atoms with Crippen LogP contribution in [0.1, 0.15) is 0 Å². The molecule has 25 heavy (non-hydrogen) atoms. The van der Waals surface area contributed by atoms with Crippen LogP contribution < -0.4 is 0 Å². The van der Waals surface area contributed by atoms with Gasteiger partial charge in [0.15, 0.2) is 0 Å². The number of rotatable bonds is 0. The highest BCUT2D eigenvalue weighted by molar-refractivity contribution is 6.16. The third kappa shape index (κ3) is 1.63. The van der Waals surface area contributed by atoms with Gasteiger partial charge in [0.1, 0.15) is 0 Å². The van der Waals surface area contributed by atoms with E-state index in [4.69, 9.17) is 0 Å². The molecule has 4 heteroatoms. The molecule has 0 fully saturated rings. The van der Waals surface area contributed by atoms with Crippen LogP contribution in [-0.2, 0) is 0 Å². The summed E-state index contributed by atoms with van der Waals surface area (Å²) in [5.74, 6) is 0. The fraction of sp³-hybridized carbons (Fsp3) is 0. The third-order valence-corrected chi connectivity index (χ3v) is 4.88. The van der Waals surface area contributed by atoms with Crippen LogP contribution in [0, 0.1) is 0 Å². The van der Waals surface area contributed by atoms with Gasteiger partial charge in [-0.3, -0.25) is 15.0 Å². The topological polar surface area (TPSA) is 43.1 Å². The number of hydrogen-bond acceptors (Lipinski definition) is 3. The van der Waals surface area contributed by atoms with Crippen molar-refractivity contribution in [3.63, 3.8) is 0 Å². The van der Waals surface area contributed by atoms with E-state index in [0.29, 0.717) is 0 Å². The van der Waals surface area contributed by atoms with Gasteiger partial charge < -0.3 is 4.40 Å². The SMILES string of the molecule is c1ccc2c(c1)cc1c3ncccc3c3cc4nccnc4cc3n21. The van der Waals surface area contributed by atoms with Crippen molar-refractivity contribution in [2.24, 2.45) is 0 Å². The number of benzene rings is 2. The summed E-state index contributed by atoms with van der Waals surface area (Å²) < 4.78 is 2.29. The number of fused-ring (bicyclic) bond motifs is 9. The van der Waals surface area contributed by atoms with E-state index in [1.807, 2.05) is 12.3 Å². The molecule has 2 aromatic carbocycles. The second-order valence-corrected chi connectivity index (χ2v) is 6.24. The monoisotopic (exact) mass is 320 g/mol. The molecule has 116 valence electrons. The molecule has 4 heterocycles. The van der Waals surface area contributed by atoms with E-state index in [9.17, 15) is 0 Å². The van der Waals surface area contributed by atoms with Crippen molar-refractivity contribution < 1.29 is 0 Å². The molecule has 0 bridgehead atoms. The van der Waals surface area contributed by atoms with Crippen LogP contribution in [0.3, 0.4) is 0 Å². The summed E-state index contributed by atoms with van der Waals surface area (Å²) in [5, 5.41) is 3.49. The van der Waals surface area contributed by atoms with Gasteiger partial charge in [-0.15, -0.1) is 0 Å². The number of aromatic nitrogens is 4. The average molecular weight is 320 g/mol. The predicted octanol–water partition coefficient (Wildman–Crippen LogP) is 4.74. The Labute approximate surface area is 142 Å². The van der Waals surface area contributed by atoms with Crippen molar-refractivity contribution in [3.05, 3.63) is 73.2 Å². The molecule has 4 nitrogen and oxygen atoms in total. The van der Waals surface area contributed by atoms with Crippen LogP contribution in [0.15, 0.2) is 73.2 Å². The van der Waals surface area contributed by atoms with Crippen molar-refractivity contribution in [2.45, 2.75) is 0 Å². The minimum atomic E-state index is 0.899. The Hall–Kier alpha value is -3.53. The Morgan fingerprint density at radius 3 is 2.36 bits per heavy atom. The molecule has 0 unspecified atom stereocenters. The molecular weight excluding hydrogens is 308 g/mol. The van der Waals surface area contributed by atoms with E-state index < -0.39 is 0 Å². The quantitative estimate of drug-likeness (QED) is 0.300. The van der Waals surface area contributed by atoms with Crippen molar-refractivity contribution in [2.75, 3.05) is 0 Å². The summed E-state index contributed by atoms with van der Waals surface area (Å²) in [6, 6.07) is 19.0. The maximum Gasteiger partial charge on any atom is 0.0949 e. The highest BCUT2D eigenvalue weighted by Gasteiger charge is 2.13. The molecule has 0 aliphatic rings. The Balaban J connectivity index is 2.03. The normalized spacial score (nSPS) is 12.0. The minimum Gasteiger partial charge on any atom is -0.307 e. The van der Waals surface area contributed by atoms with Gasteiger partial charge in [-0.2, -0.15) is 0 Å². The van der Waals surface area contributed by atoms with Crippen molar-refractivity contribution in [1.29, 1.82) is 0 Å². The number of pyridine rings is 2. The molecule has 6 rings (SSSR count). The molecular formula is C21H12N4. The third-order valence-electron chi connectivity index (χ3n) is 4.88. The van der Waals surface area contributed by atoms with E-state index in [0.717, 1.165) is 38.4 Å². The van der Waals surface area contributed by atoms with Crippen LogP contribution in [0.2, 0.25) is 0 Å². The second-order valence-electron chi connectivity index (χ2n) is 6.24. The van der Waals surface area contributed by atoms with Gasteiger partial charge in [0.05, 0.1) is 33.1 Å². The second kappa shape index (κ2) is 4.51. The van der Waals surface area contributed by atoms with E-state index in [-0.39, 0.29) is 0 Å². The molecule has 6 aromatic rings. The lowest BCUT2D eigenvalue weighted by atomic mass is 10.1. The van der Waals surface area contributed by atoms with Crippen LogP contribution in [-0.4, -0.2) is 19.4 Å². The smallest absolute Gasteiger partial charge is 0.0949 e. The zero-order valence-electron chi connectivity index (χ0n) is 13.2. The lowest BCUT2D eigenvalue weighted by Gasteiger charge is -2.10. The van der Waals surface area contributed by atoms with E-state index >= 15 is 0 Å². The van der Waals surface area contributed by atoms with Gasteiger partial charge in [-0.25, -0.2) is 0 Å². The molecule has 0 spiro atoms. The molecule has 0 saturated carbocycles. The maximum atomic E-state index is 4.68. The molecule has 0 saturated heterocycles. The van der Waals surface area contributed by atoms with E-state index in [1.165, 1.54) is 10.9 Å². The molecule has 4 aromatic heterocycles. The standard InChI is InChI=1S/C21H12N4/c1-2-6-18-13(4-1)10-20-21-14(5-3-7-24-21)15-11-16-17(23-9-8-22-16)12-19(15)25(18)20/h1-12H. The largest absolute Gasteiger partial charge is 0.307 e. The average Bonchev–Trinajstić information content (AvgIpc) is 3.07. The molecule has 0 radical (unpaired) electrons. The summed E-state index contributed by atoms with van der Waals surface area (Å²) in [7, 11) is 0. The zero-order chi connectivity index (χ0) is 16.4. The van der Waals surface area contributed by atoms with Crippen molar-refractivity contribution >= 4 is 49.3 Å². The predicted molar refractivity (Wildman–Crippen MR) is 101 cm³/mol. The van der Waals surface area contributed by atoms with Crippen LogP contribution in [0.25, 0.3) is 49.3 Å². The van der Waals surface area contributed by atoms with Gasteiger partial charge in [-0.1, -0.05) is 24.3 Å². The Morgan fingerprint density at radius 2 is 1.44 bits per heavy atom. The van der Waals surface area contributed by atoms with Gasteiger partial charge in [-0.05, 0) is 30.3 Å². The molecule has 0 N–H and O–H groups in total. The van der Waals surface area contributed by atoms with Crippen molar-refractivity contribution in [1.82, 2.24) is 19.4 Å². The zero-order valence-corrected chi connectivity index (χ0v) is 13.2. The van der Waals surface area contributed by atoms with Crippen molar-refractivity contribution in [3.8, 4) is 0 Å². The Bertz CT molecular complexity index is 1450. The highest BCUT2D eigenvalue weighted by Crippen LogP contribution is 2.34. The van der Waals surface area contributed by atoms with Crippen LogP contribution in [0.5, 0.6) is 0 Å². The fourth-order valence-electron chi connectivity index (χ4n) is 3.82. The van der Waals surface area contributed by atoms with Gasteiger partial charge in [0, 0.05) is 34.7 Å². The molecule has 0 aliphatic heterocycles. The van der Waals surface area contributed by atoms with Crippen LogP contribution >= 0.6 is 0 Å². The molecule has 0 aliphatic carbocycles. The summed E-state index contributed by atoms with van der Waals surface area (Å²) in [6.07, 6.45) is 5.33. The number of hydrogen-bond donors (Lipinski definition) is 0. The maximum absolute atomic E-state index is 4.68. The molecule has 0 atom stereocenters. The van der Waals surface area contributed by atoms with E-state index in [2.05, 4.69) is 67.9 Å². The van der Waals surface area contributed by atoms with Gasteiger partial charge >= 0.3 is 0 Å². The number of nitrogens with zero attached hydrogens (tertiary/aromatic N) is 4. The van der Waals surface area contributed by atoms with Gasteiger partial charge in [0.2, 0.25) is 0 Å². The fourth-order valence-corrected chi connectivity index (χ4v) is 3.82. The first-order valence-corrected chi connectivity index (χ1v) is 8.21. The van der Waals surface area contributed by atoms with Crippen LogP contribution in [0.4, 0.5) is 0 Å². The Morgan fingerprint density at radius 1 is 0.600 bits per heavy atom. The Kier molecular flexibility index (Phi) is 2.32. The summed E-state index contributed by atoms with van der Waals surface area (Å²) in [4.78, 5) is 13.6. The summed E-state index contributed by atoms with van der Waals surface area (Å²) in [5.41, 5.74) is 6.23. The van der Waals surface area contributed by atoms with Gasteiger partial charge in [0.25, 0.3) is 0 Å². The first kappa shape index (κ1) is 12.8.